The molecule has 1 unspecified atom stereocenters. The van der Waals surface area contributed by atoms with Crippen LogP contribution in [0, 0.1) is 0 Å². The van der Waals surface area contributed by atoms with Gasteiger partial charge < -0.3 is 10.4 Å². The number of nitrogens with zero attached hydrogens (tertiary/aromatic N) is 1. The number of hydrogen-bond acceptors (Lipinski definition) is 5. The number of allylic oxidation sites excluding steroid dienone is 1. The number of ketones is 1. The molecule has 29 heavy (non-hydrogen) atoms. The fraction of sp³-hybridized carbons (Fsp3) is 0.0455. The number of rotatable bonds is 7. The molecular formula is C22H16BrClN2O3. The van der Waals surface area contributed by atoms with E-state index in [4.69, 9.17) is 11.6 Å². The third-order valence-electron chi connectivity index (χ3n) is 4.17. The number of pyridine rings is 1. The number of nitrogens with one attached hydrogen (secondary N) is 1. The molecular weight excluding hydrogens is 456 g/mol. The number of anilines is 1. The molecule has 0 spiro atoms. The Morgan fingerprint density at radius 3 is 2.41 bits per heavy atom. The monoisotopic (exact) mass is 470 g/mol. The van der Waals surface area contributed by atoms with E-state index in [2.05, 4.69) is 26.2 Å². The van der Waals surface area contributed by atoms with Gasteiger partial charge in [0.15, 0.2) is 17.8 Å². The van der Waals surface area contributed by atoms with Crippen LogP contribution in [0.4, 0.5) is 5.82 Å². The molecule has 0 saturated heterocycles. The van der Waals surface area contributed by atoms with E-state index in [0.717, 1.165) is 4.47 Å². The molecule has 3 rings (SSSR count). The first kappa shape index (κ1) is 20.8. The zero-order valence-corrected chi connectivity index (χ0v) is 17.4. The van der Waals surface area contributed by atoms with Crippen molar-refractivity contribution in [1.29, 1.82) is 0 Å². The van der Waals surface area contributed by atoms with Gasteiger partial charge in [-0.2, -0.15) is 0 Å². The van der Waals surface area contributed by atoms with Gasteiger partial charge in [0, 0.05) is 21.3 Å². The molecule has 0 aliphatic heterocycles. The van der Waals surface area contributed by atoms with E-state index in [9.17, 15) is 14.7 Å². The lowest BCUT2D eigenvalue weighted by Crippen LogP contribution is -2.22. The minimum Gasteiger partial charge on any atom is -0.504 e. The fourth-order valence-electron chi connectivity index (χ4n) is 2.81. The van der Waals surface area contributed by atoms with Crippen molar-refractivity contribution >= 4 is 45.4 Å². The van der Waals surface area contributed by atoms with Crippen LogP contribution in [0.3, 0.4) is 0 Å². The highest BCUT2D eigenvalue weighted by Gasteiger charge is 2.28. The third kappa shape index (κ3) is 5.10. The van der Waals surface area contributed by atoms with E-state index in [-0.39, 0.29) is 11.9 Å². The van der Waals surface area contributed by atoms with Gasteiger partial charge in [-0.3, -0.25) is 9.59 Å². The lowest BCUT2D eigenvalue weighted by Gasteiger charge is -2.23. The maximum Gasteiger partial charge on any atom is 0.195 e. The molecule has 3 aromatic rings. The molecule has 2 aromatic carbocycles. The topological polar surface area (TPSA) is 79.3 Å². The van der Waals surface area contributed by atoms with Crippen molar-refractivity contribution in [1.82, 2.24) is 4.98 Å². The second-order valence-electron chi connectivity index (χ2n) is 6.10. The van der Waals surface area contributed by atoms with Crippen LogP contribution in [0.15, 0.2) is 88.7 Å². The predicted molar refractivity (Wildman–Crippen MR) is 116 cm³/mol. The highest BCUT2D eigenvalue weighted by Crippen LogP contribution is 2.31. The molecule has 0 aliphatic rings. The Balaban J connectivity index is 2.12. The highest BCUT2D eigenvalue weighted by molar-refractivity contribution is 9.10. The molecule has 0 saturated carbocycles. The third-order valence-corrected chi connectivity index (χ3v) is 4.92. The highest BCUT2D eigenvalue weighted by atomic mass is 79.9. The Labute approximate surface area is 181 Å². The van der Waals surface area contributed by atoms with E-state index in [1.54, 1.807) is 66.9 Å². The van der Waals surface area contributed by atoms with Crippen LogP contribution in [0.2, 0.25) is 5.02 Å². The molecule has 1 atom stereocenters. The standard InChI is InChI=1S/C22H16BrClN2O3/c23-16-10-11-25-19(12-16)26-21(14-4-2-1-3-5-14)20(18(28)13-27)22(29)15-6-8-17(24)9-7-15/h1-13,21,28H,(H,25,26)/b20-18-. The van der Waals surface area contributed by atoms with Crippen LogP contribution >= 0.6 is 27.5 Å². The zero-order chi connectivity index (χ0) is 20.8. The maximum atomic E-state index is 13.2. The molecule has 2 N–H and O–H groups in total. The van der Waals surface area contributed by atoms with Gasteiger partial charge in [0.25, 0.3) is 0 Å². The number of carbonyl (C=O) groups excluding carboxylic acids is 2. The van der Waals surface area contributed by atoms with Crippen LogP contribution in [-0.4, -0.2) is 22.2 Å². The molecule has 1 heterocycles. The average molecular weight is 472 g/mol. The Bertz CT molecular complexity index is 1050. The summed E-state index contributed by atoms with van der Waals surface area (Å²) in [4.78, 5) is 28.9. The van der Waals surface area contributed by atoms with Gasteiger partial charge in [-0.1, -0.05) is 57.9 Å². The summed E-state index contributed by atoms with van der Waals surface area (Å²) in [5, 5.41) is 14.0. The van der Waals surface area contributed by atoms with Crippen molar-refractivity contribution in [2.24, 2.45) is 0 Å². The Morgan fingerprint density at radius 2 is 1.79 bits per heavy atom. The van der Waals surface area contributed by atoms with Gasteiger partial charge in [-0.25, -0.2) is 4.98 Å². The van der Waals surface area contributed by atoms with Gasteiger partial charge in [-0.05, 0) is 42.0 Å². The second-order valence-corrected chi connectivity index (χ2v) is 7.45. The Morgan fingerprint density at radius 1 is 1.10 bits per heavy atom. The fourth-order valence-corrected chi connectivity index (χ4v) is 3.28. The molecule has 0 fully saturated rings. The normalized spacial score (nSPS) is 12.6. The first-order chi connectivity index (χ1) is 14.0. The molecule has 5 nitrogen and oxygen atoms in total. The van der Waals surface area contributed by atoms with Gasteiger partial charge in [0.1, 0.15) is 5.82 Å². The van der Waals surface area contributed by atoms with E-state index in [1.807, 2.05) is 6.07 Å². The van der Waals surface area contributed by atoms with Crippen molar-refractivity contribution in [2.45, 2.75) is 6.04 Å². The molecule has 0 bridgehead atoms. The van der Waals surface area contributed by atoms with Gasteiger partial charge in [0.05, 0.1) is 11.6 Å². The molecule has 0 amide bonds. The average Bonchev–Trinajstić information content (AvgIpc) is 2.74. The van der Waals surface area contributed by atoms with Crippen molar-refractivity contribution in [2.75, 3.05) is 5.32 Å². The lowest BCUT2D eigenvalue weighted by molar-refractivity contribution is -0.107. The second kappa shape index (κ2) is 9.49. The number of benzene rings is 2. The van der Waals surface area contributed by atoms with Crippen LogP contribution in [0.25, 0.3) is 0 Å². The summed E-state index contributed by atoms with van der Waals surface area (Å²) < 4.78 is 0.788. The summed E-state index contributed by atoms with van der Waals surface area (Å²) in [6, 6.07) is 18.0. The minimum atomic E-state index is -0.814. The van der Waals surface area contributed by atoms with Crippen LogP contribution in [0.1, 0.15) is 22.0 Å². The summed E-state index contributed by atoms with van der Waals surface area (Å²) in [5.74, 6) is -0.683. The number of aliphatic hydroxyl groups is 1. The quantitative estimate of drug-likeness (QED) is 0.205. The number of aldehydes is 1. The summed E-state index contributed by atoms with van der Waals surface area (Å²) >= 11 is 9.30. The van der Waals surface area contributed by atoms with E-state index in [1.165, 1.54) is 0 Å². The van der Waals surface area contributed by atoms with Gasteiger partial charge in [-0.15, -0.1) is 0 Å². The number of aliphatic hydroxyl groups excluding tert-OH is 1. The lowest BCUT2D eigenvalue weighted by atomic mass is 9.91. The summed E-state index contributed by atoms with van der Waals surface area (Å²) in [7, 11) is 0. The first-order valence-electron chi connectivity index (χ1n) is 8.61. The molecule has 146 valence electrons. The van der Waals surface area contributed by atoms with E-state index >= 15 is 0 Å². The van der Waals surface area contributed by atoms with Crippen molar-refractivity contribution in [3.63, 3.8) is 0 Å². The molecule has 1 aromatic heterocycles. The smallest absolute Gasteiger partial charge is 0.195 e. The first-order valence-corrected chi connectivity index (χ1v) is 9.78. The van der Waals surface area contributed by atoms with Crippen molar-refractivity contribution < 1.29 is 14.7 Å². The number of hydrogen-bond donors (Lipinski definition) is 2. The van der Waals surface area contributed by atoms with Crippen LogP contribution < -0.4 is 5.32 Å². The van der Waals surface area contributed by atoms with E-state index in [0.29, 0.717) is 22.0 Å². The van der Waals surface area contributed by atoms with Gasteiger partial charge in [0.2, 0.25) is 0 Å². The number of Topliss-reactive ketones (excluding diaryl/α,β-unsaturated/α-hetero) is 1. The van der Waals surface area contributed by atoms with Crippen molar-refractivity contribution in [3.8, 4) is 0 Å². The van der Waals surface area contributed by atoms with Crippen molar-refractivity contribution in [3.05, 3.63) is 105 Å². The van der Waals surface area contributed by atoms with E-state index < -0.39 is 17.6 Å². The number of carbonyl (C=O) groups is 2. The number of halogens is 2. The Hall–Kier alpha value is -2.96. The largest absolute Gasteiger partial charge is 0.504 e. The zero-order valence-electron chi connectivity index (χ0n) is 15.0. The summed E-state index contributed by atoms with van der Waals surface area (Å²) in [6.07, 6.45) is 1.85. The predicted octanol–water partition coefficient (Wildman–Crippen LogP) is 5.54. The Kier molecular flexibility index (Phi) is 6.80. The summed E-state index contributed by atoms with van der Waals surface area (Å²) in [6.45, 7) is 0. The molecule has 0 radical (unpaired) electrons. The maximum absolute atomic E-state index is 13.2. The molecule has 0 aliphatic carbocycles. The number of aromatic nitrogens is 1. The summed E-state index contributed by atoms with van der Waals surface area (Å²) in [5.41, 5.74) is 0.887. The van der Waals surface area contributed by atoms with Gasteiger partial charge >= 0.3 is 0 Å². The van der Waals surface area contributed by atoms with Crippen LogP contribution in [0.5, 0.6) is 0 Å². The SMILES string of the molecule is O=C/C(O)=C(/C(=O)c1ccc(Cl)cc1)C(Nc1cc(Br)ccn1)c1ccccc1. The minimum absolute atomic E-state index is 0.0877. The van der Waals surface area contributed by atoms with Crippen LogP contribution in [-0.2, 0) is 4.79 Å². The molecule has 7 heteroatoms.